The smallest absolute Gasteiger partial charge is 0.228 e. The molecule has 0 aliphatic carbocycles. The Hall–Kier alpha value is -3.00. The van der Waals surface area contributed by atoms with Crippen molar-refractivity contribution in [3.63, 3.8) is 0 Å². The van der Waals surface area contributed by atoms with Gasteiger partial charge in [0.2, 0.25) is 5.95 Å². The molecule has 3 aromatic rings. The normalized spacial score (nSPS) is 20.8. The van der Waals surface area contributed by atoms with Crippen molar-refractivity contribution >= 4 is 29.2 Å². The van der Waals surface area contributed by atoms with E-state index in [1.54, 1.807) is 25.4 Å². The summed E-state index contributed by atoms with van der Waals surface area (Å²) in [6, 6.07) is 7.76. The van der Waals surface area contributed by atoms with E-state index in [0.29, 0.717) is 22.6 Å². The van der Waals surface area contributed by atoms with Crippen LogP contribution in [0.1, 0.15) is 32.3 Å². The van der Waals surface area contributed by atoms with Gasteiger partial charge in [-0.1, -0.05) is 11.6 Å². The van der Waals surface area contributed by atoms with Crippen molar-refractivity contribution in [2.24, 2.45) is 0 Å². The van der Waals surface area contributed by atoms with Crippen molar-refractivity contribution in [3.05, 3.63) is 53.2 Å². The maximum absolute atomic E-state index is 13.9. The van der Waals surface area contributed by atoms with E-state index < -0.39 is 0 Å². The second-order valence-corrected chi connectivity index (χ2v) is 9.58. The number of aromatic nitrogens is 4. The second-order valence-electron chi connectivity index (χ2n) is 9.22. The van der Waals surface area contributed by atoms with Gasteiger partial charge in [0, 0.05) is 62.3 Å². The maximum atomic E-state index is 13.9. The summed E-state index contributed by atoms with van der Waals surface area (Å²) in [4.78, 5) is 25.3. The third-order valence-corrected chi connectivity index (χ3v) is 7.09. The quantitative estimate of drug-likeness (QED) is 0.533. The summed E-state index contributed by atoms with van der Waals surface area (Å²) in [5.41, 5.74) is 2.32. The lowest BCUT2D eigenvalue weighted by atomic mass is 10.1. The van der Waals surface area contributed by atoms with Gasteiger partial charge < -0.3 is 14.7 Å². The Morgan fingerprint density at radius 3 is 2.50 bits per heavy atom. The topological polar surface area (TPSA) is 61.3 Å². The van der Waals surface area contributed by atoms with Crippen LogP contribution in [0.5, 0.6) is 0 Å². The molecule has 0 saturated carbocycles. The minimum absolute atomic E-state index is 0.174. The van der Waals surface area contributed by atoms with Gasteiger partial charge >= 0.3 is 0 Å². The molecule has 9 heteroatoms. The highest BCUT2D eigenvalue weighted by molar-refractivity contribution is 6.31. The highest BCUT2D eigenvalue weighted by atomic mass is 35.5. The Labute approximate surface area is 204 Å². The highest BCUT2D eigenvalue weighted by Gasteiger charge is 2.29. The van der Waals surface area contributed by atoms with Crippen LogP contribution in [0.3, 0.4) is 0 Å². The predicted octanol–water partition coefficient (Wildman–Crippen LogP) is 4.74. The summed E-state index contributed by atoms with van der Waals surface area (Å²) >= 11 is 6.30. The number of hydrogen-bond donors (Lipinski definition) is 0. The molecule has 0 amide bonds. The SMILES string of the molecule is Cc1cc(-c2cc(N3CCN(c4nccnc4Cl)CC3C)nc(N3CCCC3C)n2)ccc1F. The molecule has 1 aromatic carbocycles. The highest BCUT2D eigenvalue weighted by Crippen LogP contribution is 2.32. The minimum atomic E-state index is -0.209. The average Bonchev–Trinajstić information content (AvgIpc) is 3.26. The molecule has 2 aromatic heterocycles. The van der Waals surface area contributed by atoms with Crippen molar-refractivity contribution in [1.29, 1.82) is 0 Å². The molecule has 5 rings (SSSR count). The number of benzene rings is 1. The summed E-state index contributed by atoms with van der Waals surface area (Å²) in [6.45, 7) is 9.40. The van der Waals surface area contributed by atoms with Crippen molar-refractivity contribution in [2.75, 3.05) is 40.9 Å². The zero-order chi connectivity index (χ0) is 23.8. The molecular formula is C25H29ClFN7. The zero-order valence-electron chi connectivity index (χ0n) is 19.7. The van der Waals surface area contributed by atoms with Crippen LogP contribution in [0.15, 0.2) is 36.7 Å². The van der Waals surface area contributed by atoms with Gasteiger partial charge in [0.05, 0.1) is 5.69 Å². The number of piperazine rings is 1. The lowest BCUT2D eigenvalue weighted by Crippen LogP contribution is -2.53. The van der Waals surface area contributed by atoms with Gasteiger partial charge in [-0.05, 0) is 57.4 Å². The molecule has 0 spiro atoms. The minimum Gasteiger partial charge on any atom is -0.350 e. The van der Waals surface area contributed by atoms with Gasteiger partial charge in [-0.3, -0.25) is 0 Å². The van der Waals surface area contributed by atoms with Gasteiger partial charge in [0.15, 0.2) is 11.0 Å². The lowest BCUT2D eigenvalue weighted by Gasteiger charge is -2.41. The first-order valence-electron chi connectivity index (χ1n) is 11.8. The van der Waals surface area contributed by atoms with Gasteiger partial charge in [-0.25, -0.2) is 19.3 Å². The van der Waals surface area contributed by atoms with Crippen LogP contribution in [-0.2, 0) is 0 Å². The summed E-state index contributed by atoms with van der Waals surface area (Å²) < 4.78 is 13.9. The second kappa shape index (κ2) is 9.33. The van der Waals surface area contributed by atoms with E-state index in [2.05, 4.69) is 38.5 Å². The Bertz CT molecular complexity index is 1190. The van der Waals surface area contributed by atoms with Gasteiger partial charge in [0.1, 0.15) is 11.6 Å². The van der Waals surface area contributed by atoms with Crippen molar-refractivity contribution in [3.8, 4) is 11.3 Å². The Morgan fingerprint density at radius 2 is 1.79 bits per heavy atom. The molecule has 2 aliphatic heterocycles. The largest absolute Gasteiger partial charge is 0.350 e. The average molecular weight is 482 g/mol. The van der Waals surface area contributed by atoms with Crippen LogP contribution < -0.4 is 14.7 Å². The Balaban J connectivity index is 1.49. The van der Waals surface area contributed by atoms with Crippen LogP contribution in [0.2, 0.25) is 5.15 Å². The number of hydrogen-bond acceptors (Lipinski definition) is 7. The van der Waals surface area contributed by atoms with Crippen LogP contribution in [-0.4, -0.2) is 58.2 Å². The number of halogens is 2. The lowest BCUT2D eigenvalue weighted by molar-refractivity contribution is 0.541. The number of rotatable bonds is 4. The fourth-order valence-electron chi connectivity index (χ4n) is 4.90. The summed E-state index contributed by atoms with van der Waals surface area (Å²) in [7, 11) is 0. The fraction of sp³-hybridized carbons (Fsp3) is 0.440. The third-order valence-electron chi connectivity index (χ3n) is 6.82. The first-order valence-corrected chi connectivity index (χ1v) is 12.2. The van der Waals surface area contributed by atoms with Crippen LogP contribution >= 0.6 is 11.6 Å². The van der Waals surface area contributed by atoms with Gasteiger partial charge in [-0.2, -0.15) is 4.98 Å². The number of anilines is 3. The molecule has 2 unspecified atom stereocenters. The van der Waals surface area contributed by atoms with E-state index in [0.717, 1.165) is 62.0 Å². The summed E-state index contributed by atoms with van der Waals surface area (Å²) in [6.07, 6.45) is 5.54. The molecule has 0 radical (unpaired) electrons. The molecule has 0 bridgehead atoms. The molecule has 2 fully saturated rings. The Kier molecular flexibility index (Phi) is 6.25. The van der Waals surface area contributed by atoms with Crippen molar-refractivity contribution < 1.29 is 4.39 Å². The fourth-order valence-corrected chi connectivity index (χ4v) is 5.12. The molecule has 178 valence electrons. The monoisotopic (exact) mass is 481 g/mol. The van der Waals surface area contributed by atoms with E-state index >= 15 is 0 Å². The van der Waals surface area contributed by atoms with Crippen molar-refractivity contribution in [2.45, 2.75) is 45.7 Å². The van der Waals surface area contributed by atoms with Gasteiger partial charge in [0.25, 0.3) is 0 Å². The van der Waals surface area contributed by atoms with Crippen LogP contribution in [0.4, 0.5) is 22.0 Å². The van der Waals surface area contributed by atoms with Crippen LogP contribution in [0, 0.1) is 12.7 Å². The van der Waals surface area contributed by atoms with E-state index in [4.69, 9.17) is 21.6 Å². The van der Waals surface area contributed by atoms with E-state index in [9.17, 15) is 4.39 Å². The van der Waals surface area contributed by atoms with E-state index in [1.807, 2.05) is 12.1 Å². The number of nitrogens with zero attached hydrogens (tertiary/aromatic N) is 7. The molecule has 2 aliphatic rings. The third kappa shape index (κ3) is 4.39. The molecule has 34 heavy (non-hydrogen) atoms. The first-order chi connectivity index (χ1) is 16.4. The van der Waals surface area contributed by atoms with Crippen LogP contribution in [0.25, 0.3) is 11.3 Å². The predicted molar refractivity (Wildman–Crippen MR) is 134 cm³/mol. The maximum Gasteiger partial charge on any atom is 0.228 e. The summed E-state index contributed by atoms with van der Waals surface area (Å²) in [5, 5.41) is 0.421. The standard InChI is InChI=1S/C25H29ClFN7/c1-16-13-19(6-7-20(16)27)21-14-22(31-25(30-21)34-10-4-5-17(34)2)33-12-11-32(15-18(33)3)24-23(26)28-8-9-29-24/h6-9,13-14,17-18H,4-5,10-12,15H2,1-3H3. The molecule has 7 nitrogen and oxygen atoms in total. The Morgan fingerprint density at radius 1 is 0.971 bits per heavy atom. The van der Waals surface area contributed by atoms with Crippen molar-refractivity contribution in [1.82, 2.24) is 19.9 Å². The van der Waals surface area contributed by atoms with Gasteiger partial charge in [-0.15, -0.1) is 0 Å². The molecular weight excluding hydrogens is 453 g/mol. The first kappa shape index (κ1) is 22.8. The number of aryl methyl sites for hydroxylation is 1. The molecule has 2 saturated heterocycles. The van der Waals surface area contributed by atoms with E-state index in [1.165, 1.54) is 6.07 Å². The zero-order valence-corrected chi connectivity index (χ0v) is 20.5. The van der Waals surface area contributed by atoms with E-state index in [-0.39, 0.29) is 11.9 Å². The molecule has 0 N–H and O–H groups in total. The summed E-state index contributed by atoms with van der Waals surface area (Å²) in [5.74, 6) is 2.13. The molecule has 4 heterocycles. The molecule has 2 atom stereocenters.